The Bertz CT molecular complexity index is 967. The molecule has 0 aliphatic carbocycles. The van der Waals surface area contributed by atoms with Gasteiger partial charge in [0.25, 0.3) is 0 Å². The van der Waals surface area contributed by atoms with Gasteiger partial charge in [-0.1, -0.05) is 6.07 Å². The molecule has 1 aromatic carbocycles. The summed E-state index contributed by atoms with van der Waals surface area (Å²) in [5.41, 5.74) is -0.970. The number of nitrogens with zero attached hydrogens (tertiary/aromatic N) is 2. The van der Waals surface area contributed by atoms with Crippen LogP contribution in [0.5, 0.6) is 0 Å². The van der Waals surface area contributed by atoms with Crippen molar-refractivity contribution in [3.05, 3.63) is 29.8 Å². The fourth-order valence-electron chi connectivity index (χ4n) is 6.12. The molecule has 3 saturated heterocycles. The van der Waals surface area contributed by atoms with Gasteiger partial charge in [0, 0.05) is 25.0 Å². The van der Waals surface area contributed by atoms with E-state index in [1.54, 1.807) is 0 Å². The van der Waals surface area contributed by atoms with Crippen molar-refractivity contribution < 1.29 is 31.1 Å². The number of rotatable bonds is 6. The van der Waals surface area contributed by atoms with Gasteiger partial charge in [-0.2, -0.15) is 17.5 Å². The van der Waals surface area contributed by atoms with Crippen molar-refractivity contribution in [3.63, 3.8) is 0 Å². The van der Waals surface area contributed by atoms with E-state index in [1.807, 2.05) is 0 Å². The van der Waals surface area contributed by atoms with Crippen LogP contribution in [0.1, 0.15) is 50.5 Å². The van der Waals surface area contributed by atoms with Crippen molar-refractivity contribution in [1.82, 2.24) is 9.21 Å². The number of carbonyl (C=O) groups excluding carboxylic acids is 1. The molecular weight excluding hydrogens is 457 g/mol. The molecule has 0 unspecified atom stereocenters. The lowest BCUT2D eigenvalue weighted by Crippen LogP contribution is -2.65. The second-order valence-electron chi connectivity index (χ2n) is 9.37. The molecule has 184 valence electrons. The summed E-state index contributed by atoms with van der Waals surface area (Å²) in [5.74, 6) is -0.0728. The van der Waals surface area contributed by atoms with Crippen molar-refractivity contribution in [2.45, 2.75) is 68.1 Å². The van der Waals surface area contributed by atoms with E-state index in [2.05, 4.69) is 4.90 Å². The van der Waals surface area contributed by atoms with E-state index >= 15 is 0 Å². The molecule has 3 aliphatic rings. The van der Waals surface area contributed by atoms with Crippen LogP contribution < -0.4 is 0 Å². The van der Waals surface area contributed by atoms with Gasteiger partial charge < -0.3 is 4.74 Å². The molecule has 0 radical (unpaired) electrons. The Kier molecular flexibility index (Phi) is 7.08. The number of hydrogen-bond donors (Lipinski definition) is 0. The number of piperidine rings is 3. The first-order valence-electron chi connectivity index (χ1n) is 11.6. The quantitative estimate of drug-likeness (QED) is 0.568. The van der Waals surface area contributed by atoms with Gasteiger partial charge in [0.2, 0.25) is 10.0 Å². The minimum Gasteiger partial charge on any atom is -0.469 e. The third-order valence-corrected chi connectivity index (χ3v) is 9.39. The number of alkyl halides is 3. The minimum absolute atomic E-state index is 0.107. The van der Waals surface area contributed by atoms with Crippen LogP contribution in [-0.2, 0) is 25.7 Å². The van der Waals surface area contributed by atoms with Crippen molar-refractivity contribution in [3.8, 4) is 0 Å². The zero-order chi connectivity index (χ0) is 23.8. The first-order valence-corrected chi connectivity index (χ1v) is 13.1. The minimum atomic E-state index is -4.62. The van der Waals surface area contributed by atoms with E-state index in [0.29, 0.717) is 25.4 Å². The maximum absolute atomic E-state index is 13.7. The number of methoxy groups -OCH3 is 1. The molecule has 4 atom stereocenters. The fraction of sp³-hybridized carbons (Fsp3) is 0.696. The zero-order valence-corrected chi connectivity index (χ0v) is 19.6. The van der Waals surface area contributed by atoms with Crippen LogP contribution in [0.25, 0.3) is 0 Å². The number of ether oxygens (including phenoxy) is 1. The summed E-state index contributed by atoms with van der Waals surface area (Å²) in [6.07, 6.45) is 0.295. The molecule has 0 aromatic heterocycles. The predicted octanol–water partition coefficient (Wildman–Crippen LogP) is 3.91. The van der Waals surface area contributed by atoms with E-state index in [1.165, 1.54) is 17.5 Å². The van der Waals surface area contributed by atoms with E-state index in [0.717, 1.165) is 57.0 Å². The SMILES string of the molecule is COC(=O)CCC[C@@H]1[C@H]2CCCN3CCC[C@@H](CN1S(=O)(=O)c1cccc(C(F)(F)F)c1)[C@@H]23. The molecule has 3 fully saturated rings. The molecule has 0 N–H and O–H groups in total. The number of carbonyl (C=O) groups is 1. The second kappa shape index (κ2) is 9.54. The topological polar surface area (TPSA) is 66.9 Å². The lowest BCUT2D eigenvalue weighted by molar-refractivity contribution is -0.141. The maximum Gasteiger partial charge on any atom is 0.416 e. The molecule has 3 aliphatic heterocycles. The lowest BCUT2D eigenvalue weighted by atomic mass is 9.70. The summed E-state index contributed by atoms with van der Waals surface area (Å²) in [6.45, 7) is 2.32. The molecule has 0 bridgehead atoms. The Morgan fingerprint density at radius 1 is 1.18 bits per heavy atom. The van der Waals surface area contributed by atoms with Crippen LogP contribution in [0.2, 0.25) is 0 Å². The Hall–Kier alpha value is -1.65. The summed E-state index contributed by atoms with van der Waals surface area (Å²) >= 11 is 0. The highest BCUT2D eigenvalue weighted by Crippen LogP contribution is 2.45. The summed E-state index contributed by atoms with van der Waals surface area (Å²) in [7, 11) is -2.82. The van der Waals surface area contributed by atoms with Gasteiger partial charge in [-0.05, 0) is 81.6 Å². The maximum atomic E-state index is 13.7. The molecule has 0 spiro atoms. The van der Waals surface area contributed by atoms with E-state index in [4.69, 9.17) is 4.74 Å². The number of benzene rings is 1. The van der Waals surface area contributed by atoms with Gasteiger partial charge in [-0.15, -0.1) is 0 Å². The highest BCUT2D eigenvalue weighted by atomic mass is 32.2. The van der Waals surface area contributed by atoms with Crippen LogP contribution in [0.4, 0.5) is 13.2 Å². The Labute approximate surface area is 193 Å². The van der Waals surface area contributed by atoms with Gasteiger partial charge >= 0.3 is 12.1 Å². The number of hydrogen-bond acceptors (Lipinski definition) is 5. The van der Waals surface area contributed by atoms with Crippen LogP contribution >= 0.6 is 0 Å². The molecule has 3 heterocycles. The van der Waals surface area contributed by atoms with Crippen LogP contribution in [0, 0.1) is 11.8 Å². The number of halogens is 3. The molecule has 33 heavy (non-hydrogen) atoms. The molecular formula is C23H31F3N2O4S. The van der Waals surface area contributed by atoms with E-state index in [9.17, 15) is 26.4 Å². The van der Waals surface area contributed by atoms with E-state index in [-0.39, 0.29) is 35.2 Å². The normalized spacial score (nSPS) is 28.8. The van der Waals surface area contributed by atoms with Gasteiger partial charge in [-0.25, -0.2) is 8.42 Å². The van der Waals surface area contributed by atoms with Crippen molar-refractivity contribution in [1.29, 1.82) is 0 Å². The monoisotopic (exact) mass is 488 g/mol. The van der Waals surface area contributed by atoms with E-state index < -0.39 is 21.8 Å². The van der Waals surface area contributed by atoms with Crippen LogP contribution in [0.15, 0.2) is 29.2 Å². The molecule has 0 amide bonds. The molecule has 0 saturated carbocycles. The predicted molar refractivity (Wildman–Crippen MR) is 116 cm³/mol. The summed E-state index contributed by atoms with van der Waals surface area (Å²) < 4.78 is 73.5. The molecule has 6 nitrogen and oxygen atoms in total. The van der Waals surface area contributed by atoms with Crippen LogP contribution in [-0.4, -0.2) is 62.4 Å². The first-order chi connectivity index (χ1) is 15.6. The van der Waals surface area contributed by atoms with Crippen molar-refractivity contribution in [2.24, 2.45) is 11.8 Å². The van der Waals surface area contributed by atoms with Gasteiger partial charge in [-0.3, -0.25) is 9.69 Å². The summed E-state index contributed by atoms with van der Waals surface area (Å²) in [5, 5.41) is 0. The van der Waals surface area contributed by atoms with Crippen molar-refractivity contribution in [2.75, 3.05) is 26.7 Å². The Balaban J connectivity index is 1.68. The first kappa shape index (κ1) is 24.5. The summed E-state index contributed by atoms with van der Waals surface area (Å²) in [4.78, 5) is 13.8. The number of esters is 1. The standard InChI is InChI=1S/C23H31F3N2O4S/c1-32-21(29)11-3-10-20-19-9-5-13-27-12-4-6-16(22(19)27)15-28(20)33(30,31)18-8-2-7-17(14-18)23(24,25)26/h2,7-8,14,16,19-20,22H,3-6,9-13,15H2,1H3/t16-,19+,20+,22-/m0/s1. The second-order valence-corrected chi connectivity index (χ2v) is 11.3. The average Bonchev–Trinajstić information content (AvgIpc) is 2.79. The highest BCUT2D eigenvalue weighted by Gasteiger charge is 2.51. The Morgan fingerprint density at radius 3 is 2.61 bits per heavy atom. The third kappa shape index (κ3) is 4.93. The smallest absolute Gasteiger partial charge is 0.416 e. The zero-order valence-electron chi connectivity index (χ0n) is 18.8. The molecule has 10 heteroatoms. The van der Waals surface area contributed by atoms with Gasteiger partial charge in [0.05, 0.1) is 17.6 Å². The largest absolute Gasteiger partial charge is 0.469 e. The highest BCUT2D eigenvalue weighted by molar-refractivity contribution is 7.89. The van der Waals surface area contributed by atoms with Gasteiger partial charge in [0.1, 0.15) is 0 Å². The Morgan fingerprint density at radius 2 is 1.91 bits per heavy atom. The van der Waals surface area contributed by atoms with Crippen molar-refractivity contribution >= 4 is 16.0 Å². The number of sulfonamides is 1. The fourth-order valence-corrected chi connectivity index (χ4v) is 7.92. The molecule has 1 aromatic rings. The van der Waals surface area contributed by atoms with Crippen LogP contribution in [0.3, 0.4) is 0 Å². The lowest BCUT2D eigenvalue weighted by Gasteiger charge is -2.57. The van der Waals surface area contributed by atoms with Gasteiger partial charge in [0.15, 0.2) is 0 Å². The average molecular weight is 489 g/mol. The summed E-state index contributed by atoms with van der Waals surface area (Å²) in [6, 6.07) is 3.97. The molecule has 4 rings (SSSR count). The third-order valence-electron chi connectivity index (χ3n) is 7.50.